The zero-order valence-electron chi connectivity index (χ0n) is 16.5. The number of guanidine groups is 1. The van der Waals surface area contributed by atoms with Crippen molar-refractivity contribution in [3.8, 4) is 5.75 Å². The maximum Gasteiger partial charge on any atom is 0.191 e. The van der Waals surface area contributed by atoms with Crippen molar-refractivity contribution in [3.05, 3.63) is 29.8 Å². The first-order valence-electron chi connectivity index (χ1n) is 9.62. The van der Waals surface area contributed by atoms with Crippen molar-refractivity contribution >= 4 is 29.9 Å². The summed E-state index contributed by atoms with van der Waals surface area (Å²) in [4.78, 5) is 7.29. The molecule has 148 valence electrons. The van der Waals surface area contributed by atoms with Crippen LogP contribution in [-0.2, 0) is 6.54 Å². The van der Waals surface area contributed by atoms with Gasteiger partial charge in [-0.15, -0.1) is 24.0 Å². The molecular weight excluding hydrogens is 439 g/mol. The van der Waals surface area contributed by atoms with Crippen molar-refractivity contribution in [1.29, 1.82) is 0 Å². The molecule has 2 N–H and O–H groups in total. The molecule has 1 aromatic carbocycles. The van der Waals surface area contributed by atoms with Crippen LogP contribution < -0.4 is 15.4 Å². The molecule has 2 rings (SSSR count). The number of benzene rings is 1. The highest BCUT2D eigenvalue weighted by atomic mass is 127. The Bertz CT molecular complexity index is 513. The third kappa shape index (κ3) is 8.12. The first-order chi connectivity index (χ1) is 12.2. The highest BCUT2D eigenvalue weighted by Gasteiger charge is 2.18. The van der Waals surface area contributed by atoms with Crippen LogP contribution in [0.1, 0.15) is 38.7 Å². The maximum absolute atomic E-state index is 5.20. The van der Waals surface area contributed by atoms with Crippen molar-refractivity contribution in [2.45, 2.75) is 39.7 Å². The molecule has 1 saturated heterocycles. The maximum atomic E-state index is 5.20. The minimum atomic E-state index is 0. The van der Waals surface area contributed by atoms with E-state index in [4.69, 9.17) is 9.73 Å². The molecule has 0 aromatic heterocycles. The predicted molar refractivity (Wildman–Crippen MR) is 121 cm³/mol. The molecule has 1 aliphatic rings. The first kappa shape index (κ1) is 23.0. The molecule has 0 amide bonds. The highest BCUT2D eigenvalue weighted by molar-refractivity contribution is 14.0. The topological polar surface area (TPSA) is 48.9 Å². The summed E-state index contributed by atoms with van der Waals surface area (Å²) in [5.41, 5.74) is 1.19. The zero-order chi connectivity index (χ0) is 17.9. The van der Waals surface area contributed by atoms with Gasteiger partial charge in [-0.2, -0.15) is 0 Å². The number of methoxy groups -OCH3 is 1. The predicted octanol–water partition coefficient (Wildman–Crippen LogP) is 3.49. The SMILES string of the molecule is CCCN1CCC(CNC(=NCc2ccc(OC)cc2)NCC)CC1.I. The minimum absolute atomic E-state index is 0. The quantitative estimate of drug-likeness (QED) is 0.344. The standard InChI is InChI=1S/C20H34N4O.HI/c1-4-12-24-13-10-18(11-14-24)16-23-20(21-5-2)22-15-17-6-8-19(25-3)9-7-17;/h6-9,18H,4-5,10-16H2,1-3H3,(H2,21,22,23);1H. The molecule has 1 heterocycles. The van der Waals surface area contributed by atoms with Gasteiger partial charge in [-0.3, -0.25) is 0 Å². The molecule has 1 aromatic rings. The van der Waals surface area contributed by atoms with Crippen LogP contribution in [-0.4, -0.2) is 50.7 Å². The number of halogens is 1. The lowest BCUT2D eigenvalue weighted by Crippen LogP contribution is -2.43. The molecule has 0 unspecified atom stereocenters. The fourth-order valence-electron chi connectivity index (χ4n) is 3.21. The van der Waals surface area contributed by atoms with Crippen LogP contribution in [0.3, 0.4) is 0 Å². The highest BCUT2D eigenvalue weighted by Crippen LogP contribution is 2.16. The van der Waals surface area contributed by atoms with Gasteiger partial charge in [0.25, 0.3) is 0 Å². The number of piperidine rings is 1. The fraction of sp³-hybridized carbons (Fsp3) is 0.650. The van der Waals surface area contributed by atoms with Gasteiger partial charge in [-0.25, -0.2) is 4.99 Å². The summed E-state index contributed by atoms with van der Waals surface area (Å²) in [6.45, 7) is 10.6. The van der Waals surface area contributed by atoms with E-state index in [0.717, 1.165) is 30.7 Å². The van der Waals surface area contributed by atoms with E-state index in [-0.39, 0.29) is 24.0 Å². The first-order valence-corrected chi connectivity index (χ1v) is 9.62. The number of ether oxygens (including phenoxy) is 1. The lowest BCUT2D eigenvalue weighted by molar-refractivity contribution is 0.185. The summed E-state index contributed by atoms with van der Waals surface area (Å²) in [7, 11) is 1.69. The number of aliphatic imine (C=N–C) groups is 1. The molecule has 1 fully saturated rings. The van der Waals surface area contributed by atoms with Crippen molar-refractivity contribution in [2.24, 2.45) is 10.9 Å². The third-order valence-electron chi connectivity index (χ3n) is 4.73. The molecular formula is C20H35IN4O. The van der Waals surface area contributed by atoms with Crippen LogP contribution in [0.15, 0.2) is 29.3 Å². The summed E-state index contributed by atoms with van der Waals surface area (Å²) in [5, 5.41) is 6.87. The number of nitrogens with one attached hydrogen (secondary N) is 2. The summed E-state index contributed by atoms with van der Waals surface area (Å²) < 4.78 is 5.20. The van der Waals surface area contributed by atoms with Gasteiger partial charge in [0.1, 0.15) is 5.75 Å². The van der Waals surface area contributed by atoms with Crippen LogP contribution in [0.25, 0.3) is 0 Å². The zero-order valence-corrected chi connectivity index (χ0v) is 18.8. The van der Waals surface area contributed by atoms with Crippen LogP contribution >= 0.6 is 24.0 Å². The van der Waals surface area contributed by atoms with E-state index in [0.29, 0.717) is 6.54 Å². The average Bonchev–Trinajstić information content (AvgIpc) is 2.66. The molecule has 0 bridgehead atoms. The van der Waals surface area contributed by atoms with Crippen LogP contribution in [0.2, 0.25) is 0 Å². The van der Waals surface area contributed by atoms with Crippen molar-refractivity contribution < 1.29 is 4.74 Å². The molecule has 26 heavy (non-hydrogen) atoms. The number of likely N-dealkylation sites (tertiary alicyclic amines) is 1. The summed E-state index contributed by atoms with van der Waals surface area (Å²) in [6.07, 6.45) is 3.82. The second kappa shape index (κ2) is 13.2. The van der Waals surface area contributed by atoms with E-state index in [1.54, 1.807) is 7.11 Å². The van der Waals surface area contributed by atoms with E-state index in [1.807, 2.05) is 12.1 Å². The third-order valence-corrected chi connectivity index (χ3v) is 4.73. The Morgan fingerprint density at radius 1 is 1.15 bits per heavy atom. The van der Waals surface area contributed by atoms with Gasteiger partial charge < -0.3 is 20.3 Å². The van der Waals surface area contributed by atoms with Gasteiger partial charge in [0.2, 0.25) is 0 Å². The van der Waals surface area contributed by atoms with Gasteiger partial charge in [-0.05, 0) is 69.4 Å². The molecule has 0 aliphatic carbocycles. The van der Waals surface area contributed by atoms with Gasteiger partial charge in [0.05, 0.1) is 13.7 Å². The van der Waals surface area contributed by atoms with E-state index < -0.39 is 0 Å². The monoisotopic (exact) mass is 474 g/mol. The number of hydrogen-bond donors (Lipinski definition) is 2. The Balaban J connectivity index is 0.00000338. The van der Waals surface area contributed by atoms with Crippen molar-refractivity contribution in [1.82, 2.24) is 15.5 Å². The molecule has 5 nitrogen and oxygen atoms in total. The smallest absolute Gasteiger partial charge is 0.191 e. The van der Waals surface area contributed by atoms with Crippen LogP contribution in [0.4, 0.5) is 0 Å². The van der Waals surface area contributed by atoms with Crippen molar-refractivity contribution in [3.63, 3.8) is 0 Å². The van der Waals surface area contributed by atoms with Gasteiger partial charge >= 0.3 is 0 Å². The molecule has 6 heteroatoms. The number of nitrogens with zero attached hydrogens (tertiary/aromatic N) is 2. The number of rotatable bonds is 8. The second-order valence-electron chi connectivity index (χ2n) is 6.71. The van der Waals surface area contributed by atoms with Gasteiger partial charge in [0.15, 0.2) is 5.96 Å². The second-order valence-corrected chi connectivity index (χ2v) is 6.71. The Hall–Kier alpha value is -1.02. The Morgan fingerprint density at radius 2 is 1.85 bits per heavy atom. The van der Waals surface area contributed by atoms with Crippen molar-refractivity contribution in [2.75, 3.05) is 39.8 Å². The lowest BCUT2D eigenvalue weighted by Gasteiger charge is -2.32. The van der Waals surface area contributed by atoms with Crippen LogP contribution in [0.5, 0.6) is 5.75 Å². The molecule has 0 spiro atoms. The van der Waals surface area contributed by atoms with Crippen LogP contribution in [0, 0.1) is 5.92 Å². The average molecular weight is 474 g/mol. The van der Waals surface area contributed by atoms with E-state index in [9.17, 15) is 0 Å². The molecule has 0 atom stereocenters. The normalized spacial score (nSPS) is 16.0. The Labute approximate surface area is 176 Å². The fourth-order valence-corrected chi connectivity index (χ4v) is 3.21. The summed E-state index contributed by atoms with van der Waals surface area (Å²) in [5.74, 6) is 2.54. The van der Waals surface area contributed by atoms with Gasteiger partial charge in [0, 0.05) is 13.1 Å². The molecule has 0 radical (unpaired) electrons. The largest absolute Gasteiger partial charge is 0.497 e. The van der Waals surface area contributed by atoms with Gasteiger partial charge in [-0.1, -0.05) is 19.1 Å². The Kier molecular flexibility index (Phi) is 11.7. The van der Waals surface area contributed by atoms with E-state index >= 15 is 0 Å². The van der Waals surface area contributed by atoms with E-state index in [1.165, 1.54) is 44.5 Å². The summed E-state index contributed by atoms with van der Waals surface area (Å²) in [6, 6.07) is 8.09. The molecule has 0 saturated carbocycles. The minimum Gasteiger partial charge on any atom is -0.497 e. The Morgan fingerprint density at radius 3 is 2.42 bits per heavy atom. The lowest BCUT2D eigenvalue weighted by atomic mass is 9.97. The number of hydrogen-bond acceptors (Lipinski definition) is 3. The van der Waals surface area contributed by atoms with E-state index in [2.05, 4.69) is 41.5 Å². The summed E-state index contributed by atoms with van der Waals surface area (Å²) >= 11 is 0. The molecule has 1 aliphatic heterocycles.